The van der Waals surface area contributed by atoms with Gasteiger partial charge in [0.2, 0.25) is 6.10 Å². The number of nitrogens with zero attached hydrogens (tertiary/aromatic N) is 1. The fraction of sp³-hybridized carbons (Fsp3) is 0.211. The number of benzene rings is 2. The van der Waals surface area contributed by atoms with Crippen LogP contribution in [-0.4, -0.2) is 36.4 Å². The lowest BCUT2D eigenvalue weighted by Crippen LogP contribution is -2.42. The topological polar surface area (TPSA) is 140 Å². The molecule has 0 saturated heterocycles. The maximum atomic E-state index is 12.7. The Morgan fingerprint density at radius 1 is 1.14 bits per heavy atom. The summed E-state index contributed by atoms with van der Waals surface area (Å²) in [5.41, 5.74) is 0.197. The highest BCUT2D eigenvalue weighted by atomic mass is 16.6. The number of esters is 1. The predicted octanol–water partition coefficient (Wildman–Crippen LogP) is 2.38. The first-order chi connectivity index (χ1) is 13.9. The third-order valence-corrected chi connectivity index (χ3v) is 3.84. The number of non-ortho nitro benzene ring substituents is 1. The van der Waals surface area contributed by atoms with E-state index in [0.29, 0.717) is 12.1 Å². The second-order valence-electron chi connectivity index (χ2n) is 5.78. The summed E-state index contributed by atoms with van der Waals surface area (Å²) >= 11 is 0. The molecule has 0 fully saturated rings. The van der Waals surface area contributed by atoms with E-state index in [2.05, 4.69) is 16.0 Å². The summed E-state index contributed by atoms with van der Waals surface area (Å²) in [7, 11) is 1.54. The van der Waals surface area contributed by atoms with Crippen molar-refractivity contribution in [3.05, 3.63) is 69.8 Å². The van der Waals surface area contributed by atoms with E-state index in [1.165, 1.54) is 19.2 Å². The van der Waals surface area contributed by atoms with Crippen LogP contribution in [0.3, 0.4) is 0 Å². The normalized spacial score (nSPS) is 11.1. The van der Waals surface area contributed by atoms with Gasteiger partial charge in [-0.15, -0.1) is 0 Å². The molecule has 0 aliphatic heterocycles. The number of nitro benzene ring substituents is 1. The van der Waals surface area contributed by atoms with Crippen LogP contribution in [0.5, 0.6) is 0 Å². The van der Waals surface area contributed by atoms with Gasteiger partial charge < -0.3 is 15.4 Å². The minimum atomic E-state index is -1.43. The van der Waals surface area contributed by atoms with Crippen LogP contribution in [0.4, 0.5) is 16.2 Å². The van der Waals surface area contributed by atoms with Gasteiger partial charge in [0.05, 0.1) is 10.5 Å². The molecule has 1 atom stereocenters. The molecule has 0 saturated carbocycles. The maximum Gasteiger partial charge on any atom is 0.341 e. The number of anilines is 1. The van der Waals surface area contributed by atoms with E-state index in [9.17, 15) is 24.5 Å². The van der Waals surface area contributed by atoms with Crippen LogP contribution in [0.2, 0.25) is 0 Å². The number of carbonyl (C=O) groups excluding carboxylic acids is 3. The van der Waals surface area contributed by atoms with Gasteiger partial charge in [0, 0.05) is 37.0 Å². The van der Waals surface area contributed by atoms with Gasteiger partial charge in [0.25, 0.3) is 11.6 Å². The van der Waals surface area contributed by atoms with Crippen molar-refractivity contribution in [2.75, 3.05) is 18.9 Å². The number of hydrogen-bond acceptors (Lipinski definition) is 7. The first-order valence-corrected chi connectivity index (χ1v) is 8.68. The third-order valence-electron chi connectivity index (χ3n) is 3.84. The molecule has 3 N–H and O–H groups in total. The first-order valence-electron chi connectivity index (χ1n) is 8.68. The first kappa shape index (κ1) is 21.4. The van der Waals surface area contributed by atoms with E-state index in [1.807, 2.05) is 0 Å². The van der Waals surface area contributed by atoms with Crippen molar-refractivity contribution in [3.8, 4) is 0 Å². The van der Waals surface area contributed by atoms with Gasteiger partial charge >= 0.3 is 12.0 Å². The van der Waals surface area contributed by atoms with Crippen LogP contribution in [-0.2, 0) is 9.53 Å². The molecule has 29 heavy (non-hydrogen) atoms. The molecule has 2 aromatic rings. The van der Waals surface area contributed by atoms with Gasteiger partial charge in [-0.05, 0) is 13.0 Å². The highest BCUT2D eigenvalue weighted by Gasteiger charge is 2.28. The lowest BCUT2D eigenvalue weighted by atomic mass is 10.1. The van der Waals surface area contributed by atoms with Gasteiger partial charge in [0.1, 0.15) is 0 Å². The maximum absolute atomic E-state index is 12.7. The number of amides is 3. The molecule has 0 radical (unpaired) electrons. The monoisotopic (exact) mass is 400 g/mol. The van der Waals surface area contributed by atoms with E-state index in [0.717, 1.165) is 6.07 Å². The minimum Gasteiger partial charge on any atom is -0.444 e. The lowest BCUT2D eigenvalue weighted by molar-refractivity contribution is -0.384. The van der Waals surface area contributed by atoms with E-state index < -0.39 is 28.9 Å². The molecular weight excluding hydrogens is 380 g/mol. The zero-order valence-electron chi connectivity index (χ0n) is 15.8. The van der Waals surface area contributed by atoms with E-state index in [1.54, 1.807) is 37.3 Å². The quantitative estimate of drug-likeness (QED) is 0.368. The number of imide groups is 1. The third kappa shape index (κ3) is 5.51. The second-order valence-corrected chi connectivity index (χ2v) is 5.78. The van der Waals surface area contributed by atoms with Crippen LogP contribution in [0, 0.1) is 10.1 Å². The Morgan fingerprint density at radius 2 is 1.83 bits per heavy atom. The number of rotatable bonds is 7. The Kier molecular flexibility index (Phi) is 7.24. The van der Waals surface area contributed by atoms with Crippen LogP contribution < -0.4 is 16.0 Å². The number of nitro groups is 1. The van der Waals surface area contributed by atoms with Crippen LogP contribution in [0.15, 0.2) is 48.5 Å². The van der Waals surface area contributed by atoms with E-state index >= 15 is 0 Å². The van der Waals surface area contributed by atoms with Crippen molar-refractivity contribution in [2.24, 2.45) is 0 Å². The standard InChI is InChI=1S/C19H20N4O6/c1-3-21-19(26)22-17(24)16(12-7-5-4-6-8-12)29-18(25)14-11-13(23(27)28)9-10-15(14)20-2/h4-11,16,20H,3H2,1-2H3,(H2,21,22,24,26)/t16-/m1/s1. The van der Waals surface area contributed by atoms with Gasteiger partial charge in [-0.1, -0.05) is 30.3 Å². The van der Waals surface area contributed by atoms with Crippen LogP contribution in [0.1, 0.15) is 28.9 Å². The Labute approximate surface area is 166 Å². The molecule has 0 aliphatic carbocycles. The fourth-order valence-electron chi connectivity index (χ4n) is 2.49. The number of urea groups is 1. The molecule has 0 aliphatic rings. The molecule has 10 nitrogen and oxygen atoms in total. The summed E-state index contributed by atoms with van der Waals surface area (Å²) in [5, 5.41) is 18.3. The Balaban J connectivity index is 2.35. The molecule has 2 aromatic carbocycles. The largest absolute Gasteiger partial charge is 0.444 e. The molecule has 2 rings (SSSR count). The van der Waals surface area contributed by atoms with Crippen molar-refractivity contribution in [1.82, 2.24) is 10.6 Å². The highest BCUT2D eigenvalue weighted by molar-refractivity contribution is 6.01. The number of carbonyl (C=O) groups is 3. The van der Waals surface area contributed by atoms with Crippen molar-refractivity contribution in [2.45, 2.75) is 13.0 Å². The highest BCUT2D eigenvalue weighted by Crippen LogP contribution is 2.26. The summed E-state index contributed by atoms with van der Waals surface area (Å²) < 4.78 is 5.35. The Bertz CT molecular complexity index is 916. The van der Waals surface area contributed by atoms with Crippen LogP contribution in [0.25, 0.3) is 0 Å². The molecular formula is C19H20N4O6. The molecule has 152 valence electrons. The predicted molar refractivity (Wildman–Crippen MR) is 104 cm³/mol. The zero-order chi connectivity index (χ0) is 21.4. The van der Waals surface area contributed by atoms with Gasteiger partial charge in [0.15, 0.2) is 0 Å². The average molecular weight is 400 g/mol. The second kappa shape index (κ2) is 9.83. The lowest BCUT2D eigenvalue weighted by Gasteiger charge is -2.18. The van der Waals surface area contributed by atoms with Crippen molar-refractivity contribution in [1.29, 1.82) is 0 Å². The minimum absolute atomic E-state index is 0.117. The van der Waals surface area contributed by atoms with Crippen molar-refractivity contribution < 1.29 is 24.0 Å². The number of nitrogens with one attached hydrogen (secondary N) is 3. The van der Waals surface area contributed by atoms with Crippen molar-refractivity contribution >= 4 is 29.3 Å². The van der Waals surface area contributed by atoms with Gasteiger partial charge in [-0.25, -0.2) is 9.59 Å². The van der Waals surface area contributed by atoms with E-state index in [4.69, 9.17) is 4.74 Å². The molecule has 0 spiro atoms. The SMILES string of the molecule is CCNC(=O)NC(=O)[C@H](OC(=O)c1cc([N+](=O)[O-])ccc1NC)c1ccccc1. The Hall–Kier alpha value is -3.95. The number of ether oxygens (including phenoxy) is 1. The van der Waals surface area contributed by atoms with Crippen molar-refractivity contribution in [3.63, 3.8) is 0 Å². The van der Waals surface area contributed by atoms with Crippen LogP contribution >= 0.6 is 0 Å². The molecule has 10 heteroatoms. The molecule has 0 bridgehead atoms. The summed E-state index contributed by atoms with van der Waals surface area (Å²) in [6.45, 7) is 1.98. The average Bonchev–Trinajstić information content (AvgIpc) is 2.71. The van der Waals surface area contributed by atoms with Gasteiger partial charge in [-0.3, -0.25) is 20.2 Å². The molecule has 0 heterocycles. The fourth-order valence-corrected chi connectivity index (χ4v) is 2.49. The Morgan fingerprint density at radius 3 is 2.41 bits per heavy atom. The zero-order valence-corrected chi connectivity index (χ0v) is 15.8. The number of hydrogen-bond donors (Lipinski definition) is 3. The summed E-state index contributed by atoms with van der Waals surface area (Å²) in [6, 6.07) is 11.0. The molecule has 3 amide bonds. The molecule has 0 unspecified atom stereocenters. The van der Waals surface area contributed by atoms with E-state index in [-0.39, 0.29) is 16.9 Å². The summed E-state index contributed by atoms with van der Waals surface area (Å²) in [4.78, 5) is 47.4. The smallest absolute Gasteiger partial charge is 0.341 e. The summed E-state index contributed by atoms with van der Waals surface area (Å²) in [6.07, 6.45) is -1.43. The molecule has 0 aromatic heterocycles. The summed E-state index contributed by atoms with van der Waals surface area (Å²) in [5.74, 6) is -1.81. The van der Waals surface area contributed by atoms with Gasteiger partial charge in [-0.2, -0.15) is 0 Å².